The van der Waals surface area contributed by atoms with Crippen LogP contribution in [0.3, 0.4) is 0 Å². The fourth-order valence-corrected chi connectivity index (χ4v) is 1.39. The van der Waals surface area contributed by atoms with Gasteiger partial charge in [-0.2, -0.15) is 0 Å². The van der Waals surface area contributed by atoms with Gasteiger partial charge in [0, 0.05) is 25.4 Å². The lowest BCUT2D eigenvalue weighted by Gasteiger charge is -2.05. The van der Waals surface area contributed by atoms with Gasteiger partial charge >= 0.3 is 5.97 Å². The third-order valence-electron chi connectivity index (χ3n) is 2.29. The van der Waals surface area contributed by atoms with E-state index in [1.165, 1.54) is 12.4 Å². The molecule has 4 N–H and O–H groups in total. The Labute approximate surface area is 104 Å². The summed E-state index contributed by atoms with van der Waals surface area (Å²) in [6.07, 6.45) is 5.06. The van der Waals surface area contributed by atoms with Crippen LogP contribution in [0.4, 0.5) is 5.82 Å². The number of hydrogen-bond donors (Lipinski definition) is 3. The summed E-state index contributed by atoms with van der Waals surface area (Å²) in [5, 5.41) is 11.1. The monoisotopic (exact) mass is 252 g/mol. The third kappa shape index (κ3) is 4.77. The lowest BCUT2D eigenvalue weighted by atomic mass is 10.2. The summed E-state index contributed by atoms with van der Waals surface area (Å²) >= 11 is 0. The topological polar surface area (TPSA) is 118 Å². The number of nitrogens with one attached hydrogen (secondary N) is 1. The van der Waals surface area contributed by atoms with Crippen molar-refractivity contribution in [3.8, 4) is 0 Å². The molecule has 0 unspecified atom stereocenters. The van der Waals surface area contributed by atoms with Crippen molar-refractivity contribution in [2.45, 2.75) is 25.7 Å². The van der Waals surface area contributed by atoms with E-state index >= 15 is 0 Å². The molecule has 0 radical (unpaired) electrons. The lowest BCUT2D eigenvalue weighted by Crippen LogP contribution is -2.26. The predicted octanol–water partition coefficient (Wildman–Crippen LogP) is 0.434. The maximum absolute atomic E-state index is 11.6. The van der Waals surface area contributed by atoms with E-state index in [4.69, 9.17) is 10.8 Å². The van der Waals surface area contributed by atoms with Crippen LogP contribution in [-0.2, 0) is 4.79 Å². The van der Waals surface area contributed by atoms with E-state index in [0.717, 1.165) is 12.8 Å². The SMILES string of the molecule is Nc1nccnc1C(=O)NCCCCCC(=O)O. The van der Waals surface area contributed by atoms with E-state index < -0.39 is 5.97 Å². The molecule has 1 aromatic rings. The van der Waals surface area contributed by atoms with Gasteiger partial charge in [0.05, 0.1) is 0 Å². The number of nitrogen functional groups attached to an aromatic ring is 1. The first kappa shape index (κ1) is 13.9. The van der Waals surface area contributed by atoms with Crippen LogP contribution in [0.5, 0.6) is 0 Å². The second kappa shape index (κ2) is 7.21. The van der Waals surface area contributed by atoms with Crippen molar-refractivity contribution >= 4 is 17.7 Å². The summed E-state index contributed by atoms with van der Waals surface area (Å²) < 4.78 is 0. The Kier molecular flexibility index (Phi) is 5.56. The van der Waals surface area contributed by atoms with Crippen LogP contribution < -0.4 is 11.1 Å². The Bertz CT molecular complexity index is 423. The molecular formula is C11H16N4O3. The normalized spacial score (nSPS) is 10.0. The maximum atomic E-state index is 11.6. The number of carbonyl (C=O) groups excluding carboxylic acids is 1. The number of rotatable bonds is 7. The summed E-state index contributed by atoms with van der Waals surface area (Å²) in [4.78, 5) is 29.5. The molecule has 1 heterocycles. The van der Waals surface area contributed by atoms with Gasteiger partial charge in [-0.25, -0.2) is 9.97 Å². The lowest BCUT2D eigenvalue weighted by molar-refractivity contribution is -0.137. The third-order valence-corrected chi connectivity index (χ3v) is 2.29. The predicted molar refractivity (Wildman–Crippen MR) is 64.9 cm³/mol. The molecule has 7 heteroatoms. The number of carbonyl (C=O) groups is 2. The zero-order valence-corrected chi connectivity index (χ0v) is 9.93. The van der Waals surface area contributed by atoms with E-state index in [-0.39, 0.29) is 23.8 Å². The van der Waals surface area contributed by atoms with Crippen LogP contribution in [-0.4, -0.2) is 33.5 Å². The van der Waals surface area contributed by atoms with Gasteiger partial charge in [-0.15, -0.1) is 0 Å². The van der Waals surface area contributed by atoms with E-state index in [1.54, 1.807) is 0 Å². The van der Waals surface area contributed by atoms with Gasteiger partial charge in [-0.3, -0.25) is 9.59 Å². The van der Waals surface area contributed by atoms with Crippen molar-refractivity contribution in [2.75, 3.05) is 12.3 Å². The highest BCUT2D eigenvalue weighted by Crippen LogP contribution is 2.03. The van der Waals surface area contributed by atoms with Crippen molar-refractivity contribution in [2.24, 2.45) is 0 Å². The number of aliphatic carboxylic acids is 1. The molecule has 0 aliphatic heterocycles. The molecule has 0 fully saturated rings. The van der Waals surface area contributed by atoms with Gasteiger partial charge in [-0.05, 0) is 12.8 Å². The van der Waals surface area contributed by atoms with Crippen molar-refractivity contribution in [3.05, 3.63) is 18.1 Å². The summed E-state index contributed by atoms with van der Waals surface area (Å²) in [7, 11) is 0. The van der Waals surface area contributed by atoms with Crippen LogP contribution in [0, 0.1) is 0 Å². The molecule has 18 heavy (non-hydrogen) atoms. The molecule has 98 valence electrons. The van der Waals surface area contributed by atoms with Crippen molar-refractivity contribution in [1.82, 2.24) is 15.3 Å². The molecule has 0 saturated heterocycles. The first-order valence-electron chi connectivity index (χ1n) is 5.67. The van der Waals surface area contributed by atoms with Gasteiger partial charge < -0.3 is 16.2 Å². The Morgan fingerprint density at radius 3 is 2.61 bits per heavy atom. The van der Waals surface area contributed by atoms with E-state index in [2.05, 4.69) is 15.3 Å². The molecule has 0 aliphatic carbocycles. The van der Waals surface area contributed by atoms with Gasteiger partial charge in [0.2, 0.25) is 0 Å². The van der Waals surface area contributed by atoms with E-state index in [9.17, 15) is 9.59 Å². The minimum atomic E-state index is -0.800. The van der Waals surface area contributed by atoms with Crippen LogP contribution in [0.25, 0.3) is 0 Å². The first-order valence-corrected chi connectivity index (χ1v) is 5.67. The zero-order chi connectivity index (χ0) is 13.4. The summed E-state index contributed by atoms with van der Waals surface area (Å²) in [5.41, 5.74) is 5.62. The van der Waals surface area contributed by atoms with Crippen molar-refractivity contribution in [3.63, 3.8) is 0 Å². The second-order valence-electron chi connectivity index (χ2n) is 3.75. The van der Waals surface area contributed by atoms with Gasteiger partial charge in [0.15, 0.2) is 11.5 Å². The highest BCUT2D eigenvalue weighted by Gasteiger charge is 2.10. The second-order valence-corrected chi connectivity index (χ2v) is 3.75. The first-order chi connectivity index (χ1) is 8.61. The van der Waals surface area contributed by atoms with Gasteiger partial charge in [-0.1, -0.05) is 6.42 Å². The number of carboxylic acids is 1. The van der Waals surface area contributed by atoms with Crippen LogP contribution in [0.1, 0.15) is 36.2 Å². The smallest absolute Gasteiger partial charge is 0.303 e. The molecule has 1 aromatic heterocycles. The molecule has 1 rings (SSSR count). The minimum absolute atomic E-state index is 0.0980. The highest BCUT2D eigenvalue weighted by molar-refractivity contribution is 5.96. The van der Waals surface area contributed by atoms with E-state index in [1.807, 2.05) is 0 Å². The Balaban J connectivity index is 2.22. The number of amides is 1. The van der Waals surface area contributed by atoms with Crippen LogP contribution in [0.15, 0.2) is 12.4 Å². The molecule has 7 nitrogen and oxygen atoms in total. The summed E-state index contributed by atoms with van der Waals surface area (Å²) in [6.45, 7) is 0.467. The van der Waals surface area contributed by atoms with Gasteiger partial charge in [0.25, 0.3) is 5.91 Å². The van der Waals surface area contributed by atoms with Crippen LogP contribution >= 0.6 is 0 Å². The molecule has 1 amide bonds. The molecular weight excluding hydrogens is 236 g/mol. The van der Waals surface area contributed by atoms with Crippen molar-refractivity contribution < 1.29 is 14.7 Å². The van der Waals surface area contributed by atoms with Gasteiger partial charge in [0.1, 0.15) is 0 Å². The fourth-order valence-electron chi connectivity index (χ4n) is 1.39. The Hall–Kier alpha value is -2.18. The number of unbranched alkanes of at least 4 members (excludes halogenated alkanes) is 2. The number of nitrogens with two attached hydrogens (primary N) is 1. The minimum Gasteiger partial charge on any atom is -0.481 e. The average Bonchev–Trinajstić information content (AvgIpc) is 2.33. The van der Waals surface area contributed by atoms with Crippen LogP contribution in [0.2, 0.25) is 0 Å². The highest BCUT2D eigenvalue weighted by atomic mass is 16.4. The molecule has 0 spiro atoms. The number of carboxylic acid groups (broad SMARTS) is 1. The number of nitrogens with zero attached hydrogens (tertiary/aromatic N) is 2. The molecule has 0 aliphatic rings. The molecule has 0 atom stereocenters. The Morgan fingerprint density at radius 2 is 1.94 bits per heavy atom. The summed E-state index contributed by atoms with van der Waals surface area (Å²) in [6, 6.07) is 0. The average molecular weight is 252 g/mol. The quantitative estimate of drug-likeness (QED) is 0.606. The molecule has 0 bridgehead atoms. The summed E-state index contributed by atoms with van der Waals surface area (Å²) in [5.74, 6) is -1.06. The molecule has 0 aromatic carbocycles. The zero-order valence-electron chi connectivity index (χ0n) is 9.93. The van der Waals surface area contributed by atoms with E-state index in [0.29, 0.717) is 13.0 Å². The standard InChI is InChI=1S/C11H16N4O3/c12-10-9(13-6-7-14-10)11(18)15-5-3-1-2-4-8(16)17/h6-7H,1-5H2,(H2,12,14)(H,15,18)(H,16,17). The molecule has 0 saturated carbocycles. The number of aromatic nitrogens is 2. The largest absolute Gasteiger partial charge is 0.481 e. The number of anilines is 1. The maximum Gasteiger partial charge on any atom is 0.303 e. The van der Waals surface area contributed by atoms with Crippen molar-refractivity contribution in [1.29, 1.82) is 0 Å². The Morgan fingerprint density at radius 1 is 1.22 bits per heavy atom. The number of hydrogen-bond acceptors (Lipinski definition) is 5. The fraction of sp³-hybridized carbons (Fsp3) is 0.455.